The van der Waals surface area contributed by atoms with Gasteiger partial charge < -0.3 is 10.5 Å². The van der Waals surface area contributed by atoms with Gasteiger partial charge in [0.25, 0.3) is 0 Å². The molecule has 0 bridgehead atoms. The number of carbonyl (C=O) groups is 2. The Bertz CT molecular complexity index is 1070. The zero-order chi connectivity index (χ0) is 19.7. The van der Waals surface area contributed by atoms with E-state index in [0.717, 1.165) is 19.3 Å². The molecule has 3 aromatic carbocycles. The summed E-state index contributed by atoms with van der Waals surface area (Å²) in [6.45, 7) is 2.16. The van der Waals surface area contributed by atoms with E-state index in [1.165, 1.54) is 5.56 Å². The first-order valence-corrected chi connectivity index (χ1v) is 9.48. The van der Waals surface area contributed by atoms with Gasteiger partial charge in [-0.25, -0.2) is 0 Å². The number of nitrogens with two attached hydrogens (primary N) is 1. The summed E-state index contributed by atoms with van der Waals surface area (Å²) >= 11 is 0. The smallest absolute Gasteiger partial charge is 0.198 e. The minimum Gasteiger partial charge on any atom is -0.457 e. The van der Waals surface area contributed by atoms with Crippen molar-refractivity contribution in [2.24, 2.45) is 0 Å². The molecule has 0 aliphatic heterocycles. The molecule has 0 aromatic heterocycles. The number of carbonyl (C=O) groups excluding carboxylic acids is 2. The van der Waals surface area contributed by atoms with E-state index in [2.05, 4.69) is 6.92 Å². The molecule has 4 nitrogen and oxygen atoms in total. The second-order valence-electron chi connectivity index (χ2n) is 6.96. The lowest BCUT2D eigenvalue weighted by Gasteiger charge is -2.21. The number of unbranched alkanes of at least 4 members (excludes halogenated alkanes) is 1. The van der Waals surface area contributed by atoms with Crippen LogP contribution in [0.2, 0.25) is 0 Å². The highest BCUT2D eigenvalue weighted by Gasteiger charge is 2.34. The van der Waals surface area contributed by atoms with Crippen molar-refractivity contribution in [1.82, 2.24) is 0 Å². The maximum absolute atomic E-state index is 13.1. The average molecular weight is 371 g/mol. The van der Waals surface area contributed by atoms with Crippen LogP contribution in [0, 0.1) is 0 Å². The maximum Gasteiger partial charge on any atom is 0.198 e. The van der Waals surface area contributed by atoms with Gasteiger partial charge in [0.05, 0.1) is 11.1 Å². The number of hydrogen-bond donors (Lipinski definition) is 1. The van der Waals surface area contributed by atoms with Crippen LogP contribution in [0.1, 0.15) is 57.2 Å². The highest BCUT2D eigenvalue weighted by molar-refractivity contribution is 6.31. The number of ketones is 2. The molecule has 0 saturated heterocycles. The van der Waals surface area contributed by atoms with Crippen molar-refractivity contribution in [3.8, 4) is 11.5 Å². The largest absolute Gasteiger partial charge is 0.457 e. The Balaban J connectivity index is 1.72. The molecule has 28 heavy (non-hydrogen) atoms. The Hall–Kier alpha value is -3.40. The topological polar surface area (TPSA) is 69.4 Å². The van der Waals surface area contributed by atoms with Gasteiger partial charge in [0.15, 0.2) is 11.6 Å². The Kier molecular flexibility index (Phi) is 4.70. The SMILES string of the molecule is CCCCc1ccc(Oc2ccc(N)c3c2C(=O)c2ccccc2C3=O)cc1. The Morgan fingerprint density at radius 2 is 1.46 bits per heavy atom. The van der Waals surface area contributed by atoms with Crippen molar-refractivity contribution in [3.05, 3.63) is 88.5 Å². The molecule has 0 amide bonds. The van der Waals surface area contributed by atoms with E-state index in [1.54, 1.807) is 36.4 Å². The van der Waals surface area contributed by atoms with E-state index in [1.807, 2.05) is 24.3 Å². The molecule has 0 heterocycles. The molecule has 0 radical (unpaired) electrons. The second-order valence-corrected chi connectivity index (χ2v) is 6.96. The van der Waals surface area contributed by atoms with E-state index in [0.29, 0.717) is 22.6 Å². The van der Waals surface area contributed by atoms with Gasteiger partial charge >= 0.3 is 0 Å². The first kappa shape index (κ1) is 18.0. The highest BCUT2D eigenvalue weighted by Crippen LogP contribution is 2.38. The van der Waals surface area contributed by atoms with E-state index in [4.69, 9.17) is 10.5 Å². The lowest BCUT2D eigenvalue weighted by Crippen LogP contribution is -2.23. The molecule has 0 unspecified atom stereocenters. The predicted octanol–water partition coefficient (Wildman–Crippen LogP) is 5.18. The molecule has 1 aliphatic carbocycles. The summed E-state index contributed by atoms with van der Waals surface area (Å²) in [5, 5.41) is 0. The van der Waals surface area contributed by atoms with Crippen LogP contribution in [0.3, 0.4) is 0 Å². The van der Waals surface area contributed by atoms with Crippen LogP contribution < -0.4 is 10.5 Å². The van der Waals surface area contributed by atoms with Crippen molar-refractivity contribution in [2.75, 3.05) is 5.73 Å². The van der Waals surface area contributed by atoms with Crippen molar-refractivity contribution in [3.63, 3.8) is 0 Å². The molecule has 0 spiro atoms. The molecular weight excluding hydrogens is 350 g/mol. The minimum absolute atomic E-state index is 0.223. The zero-order valence-corrected chi connectivity index (χ0v) is 15.7. The highest BCUT2D eigenvalue weighted by atomic mass is 16.5. The first-order valence-electron chi connectivity index (χ1n) is 9.48. The molecule has 0 saturated carbocycles. The van der Waals surface area contributed by atoms with Crippen LogP contribution in [0.4, 0.5) is 5.69 Å². The summed E-state index contributed by atoms with van der Waals surface area (Å²) in [6.07, 6.45) is 3.31. The van der Waals surface area contributed by atoms with Crippen LogP contribution in [0.15, 0.2) is 60.7 Å². The first-order chi connectivity index (χ1) is 13.6. The molecule has 0 atom stereocenters. The second kappa shape index (κ2) is 7.31. The Labute approximate surface area is 164 Å². The van der Waals surface area contributed by atoms with E-state index in [9.17, 15) is 9.59 Å². The quantitative estimate of drug-likeness (QED) is 0.491. The normalized spacial score (nSPS) is 12.5. The molecular formula is C24H21NO3. The van der Waals surface area contributed by atoms with Crippen molar-refractivity contribution in [2.45, 2.75) is 26.2 Å². The van der Waals surface area contributed by atoms with Crippen LogP contribution in [-0.4, -0.2) is 11.6 Å². The van der Waals surface area contributed by atoms with Crippen LogP contribution in [0.25, 0.3) is 0 Å². The lowest BCUT2D eigenvalue weighted by molar-refractivity contribution is 0.0977. The van der Waals surface area contributed by atoms with Gasteiger partial charge in [-0.1, -0.05) is 49.7 Å². The molecule has 140 valence electrons. The number of benzene rings is 3. The fourth-order valence-electron chi connectivity index (χ4n) is 3.54. The van der Waals surface area contributed by atoms with E-state index < -0.39 is 0 Å². The fourth-order valence-corrected chi connectivity index (χ4v) is 3.54. The molecule has 4 rings (SSSR count). The summed E-state index contributed by atoms with van der Waals surface area (Å²) in [5.41, 5.74) is 8.79. The van der Waals surface area contributed by atoms with Crippen molar-refractivity contribution < 1.29 is 14.3 Å². The standard InChI is InChI=1S/C24H21NO3/c1-2-3-6-15-9-11-16(12-10-15)28-20-14-13-19(25)21-22(20)24(27)18-8-5-4-7-17(18)23(21)26/h4-5,7-14H,2-3,6,25H2,1H3. The molecule has 4 heteroatoms. The van der Waals surface area contributed by atoms with Gasteiger partial charge in [-0.15, -0.1) is 0 Å². The summed E-state index contributed by atoms with van der Waals surface area (Å²) in [7, 11) is 0. The molecule has 0 fully saturated rings. The Morgan fingerprint density at radius 1 is 0.821 bits per heavy atom. The Morgan fingerprint density at radius 3 is 2.11 bits per heavy atom. The van der Waals surface area contributed by atoms with Crippen molar-refractivity contribution in [1.29, 1.82) is 0 Å². The third-order valence-electron chi connectivity index (χ3n) is 5.04. The van der Waals surface area contributed by atoms with Crippen LogP contribution in [0.5, 0.6) is 11.5 Å². The van der Waals surface area contributed by atoms with Crippen LogP contribution in [-0.2, 0) is 6.42 Å². The summed E-state index contributed by atoms with van der Waals surface area (Å²) in [4.78, 5) is 26.0. The van der Waals surface area contributed by atoms with Crippen molar-refractivity contribution >= 4 is 17.3 Å². The van der Waals surface area contributed by atoms with Gasteiger partial charge in [-0.3, -0.25) is 9.59 Å². The summed E-state index contributed by atoms with van der Waals surface area (Å²) in [6, 6.07) is 17.9. The number of aryl methyl sites for hydroxylation is 1. The van der Waals surface area contributed by atoms with E-state index >= 15 is 0 Å². The number of fused-ring (bicyclic) bond motifs is 2. The van der Waals surface area contributed by atoms with Gasteiger partial charge in [0.2, 0.25) is 0 Å². The maximum atomic E-state index is 13.1. The molecule has 2 N–H and O–H groups in total. The van der Waals surface area contributed by atoms with Gasteiger partial charge in [0.1, 0.15) is 11.5 Å². The third-order valence-corrected chi connectivity index (χ3v) is 5.04. The number of nitrogen functional groups attached to an aromatic ring is 1. The number of ether oxygens (including phenoxy) is 1. The van der Waals surface area contributed by atoms with Gasteiger partial charge in [-0.2, -0.15) is 0 Å². The van der Waals surface area contributed by atoms with Crippen LogP contribution >= 0.6 is 0 Å². The molecule has 1 aliphatic rings. The third kappa shape index (κ3) is 3.07. The number of rotatable bonds is 5. The average Bonchev–Trinajstić information content (AvgIpc) is 2.72. The fraction of sp³-hybridized carbons (Fsp3) is 0.167. The zero-order valence-electron chi connectivity index (χ0n) is 15.7. The monoisotopic (exact) mass is 371 g/mol. The molecule has 3 aromatic rings. The van der Waals surface area contributed by atoms with Gasteiger partial charge in [0, 0.05) is 16.8 Å². The number of hydrogen-bond acceptors (Lipinski definition) is 4. The summed E-state index contributed by atoms with van der Waals surface area (Å²) in [5.74, 6) is 0.472. The van der Waals surface area contributed by atoms with Gasteiger partial charge in [-0.05, 0) is 42.7 Å². The minimum atomic E-state index is -0.247. The van der Waals surface area contributed by atoms with E-state index in [-0.39, 0.29) is 28.4 Å². The lowest BCUT2D eigenvalue weighted by atomic mass is 9.83. The predicted molar refractivity (Wildman–Crippen MR) is 109 cm³/mol. The summed E-state index contributed by atoms with van der Waals surface area (Å²) < 4.78 is 6.00. The number of anilines is 1.